The molecule has 0 radical (unpaired) electrons. The molecule has 0 unspecified atom stereocenters. The van der Waals surface area contributed by atoms with Gasteiger partial charge in [0.2, 0.25) is 0 Å². The minimum absolute atomic E-state index is 0.0385. The van der Waals surface area contributed by atoms with Gasteiger partial charge in [-0.2, -0.15) is 0 Å². The lowest BCUT2D eigenvalue weighted by Gasteiger charge is -2.46. The Bertz CT molecular complexity index is 1060. The zero-order valence-electron chi connectivity index (χ0n) is 19.1. The van der Waals surface area contributed by atoms with Gasteiger partial charge in [0.1, 0.15) is 17.0 Å². The van der Waals surface area contributed by atoms with E-state index < -0.39 is 16.9 Å². The van der Waals surface area contributed by atoms with Gasteiger partial charge < -0.3 is 24.6 Å². The third kappa shape index (κ3) is 4.09. The van der Waals surface area contributed by atoms with Crippen LogP contribution in [0.3, 0.4) is 0 Å². The molecule has 33 heavy (non-hydrogen) atoms. The van der Waals surface area contributed by atoms with Crippen LogP contribution in [0, 0.1) is 5.41 Å². The molecule has 174 valence electrons. The summed E-state index contributed by atoms with van der Waals surface area (Å²) in [5, 5.41) is 13.3. The number of rotatable bonds is 8. The predicted molar refractivity (Wildman–Crippen MR) is 123 cm³/mol. The SMILES string of the molecule is COc1cc(C[C@](C)(NC2=CC(=O)C23CCOCC3)C(=O)O)cc(OC)c1-c1ccccc1. The van der Waals surface area contributed by atoms with Gasteiger partial charge in [-0.3, -0.25) is 4.79 Å². The number of carboxylic acid groups (broad SMARTS) is 1. The van der Waals surface area contributed by atoms with Crippen molar-refractivity contribution in [3.05, 3.63) is 59.8 Å². The number of benzene rings is 2. The molecule has 1 saturated heterocycles. The lowest BCUT2D eigenvalue weighted by atomic mass is 9.65. The standard InChI is InChI=1S/C26H29NO6/c1-25(24(29)30,27-21-15-22(28)26(21)9-11-33-12-10-26)16-17-13-19(31-2)23(20(14-17)32-3)18-7-5-4-6-8-18/h4-8,13-15,27H,9-12,16H2,1-3H3,(H,29,30)/t25-/m0/s1. The van der Waals surface area contributed by atoms with Gasteiger partial charge in [-0.1, -0.05) is 30.3 Å². The highest BCUT2D eigenvalue weighted by atomic mass is 16.5. The van der Waals surface area contributed by atoms with E-state index in [1.54, 1.807) is 21.1 Å². The average molecular weight is 452 g/mol. The monoisotopic (exact) mass is 451 g/mol. The van der Waals surface area contributed by atoms with Crippen molar-refractivity contribution in [2.75, 3.05) is 27.4 Å². The van der Waals surface area contributed by atoms with Crippen molar-refractivity contribution < 1.29 is 28.9 Å². The van der Waals surface area contributed by atoms with Crippen molar-refractivity contribution in [3.63, 3.8) is 0 Å². The molecule has 7 nitrogen and oxygen atoms in total. The van der Waals surface area contributed by atoms with Crippen molar-refractivity contribution >= 4 is 11.8 Å². The lowest BCUT2D eigenvalue weighted by molar-refractivity contribution is -0.145. The summed E-state index contributed by atoms with van der Waals surface area (Å²) >= 11 is 0. The molecule has 1 aliphatic carbocycles. The Labute approximate surface area is 193 Å². The minimum Gasteiger partial charge on any atom is -0.496 e. The molecule has 0 saturated carbocycles. The largest absolute Gasteiger partial charge is 0.496 e. The number of hydrogen-bond acceptors (Lipinski definition) is 6. The van der Waals surface area contributed by atoms with E-state index >= 15 is 0 Å². The zero-order chi connectivity index (χ0) is 23.6. The van der Waals surface area contributed by atoms with Crippen LogP contribution >= 0.6 is 0 Å². The number of carbonyl (C=O) groups is 2. The predicted octanol–water partition coefficient (Wildman–Crippen LogP) is 3.61. The van der Waals surface area contributed by atoms with Crippen molar-refractivity contribution in [1.82, 2.24) is 5.32 Å². The van der Waals surface area contributed by atoms with Crippen LogP contribution in [-0.4, -0.2) is 49.8 Å². The number of hydrogen-bond donors (Lipinski definition) is 2. The van der Waals surface area contributed by atoms with E-state index in [0.717, 1.165) is 16.7 Å². The molecule has 1 spiro atoms. The Morgan fingerprint density at radius 2 is 1.73 bits per heavy atom. The summed E-state index contributed by atoms with van der Waals surface area (Å²) in [4.78, 5) is 24.8. The van der Waals surface area contributed by atoms with Gasteiger partial charge in [-0.05, 0) is 43.0 Å². The van der Waals surface area contributed by atoms with E-state index in [1.165, 1.54) is 6.08 Å². The summed E-state index contributed by atoms with van der Waals surface area (Å²) in [7, 11) is 3.17. The first-order valence-electron chi connectivity index (χ1n) is 11.0. The highest BCUT2D eigenvalue weighted by Gasteiger charge is 2.51. The fraction of sp³-hybridized carbons (Fsp3) is 0.385. The summed E-state index contributed by atoms with van der Waals surface area (Å²) in [6.07, 6.45) is 2.82. The Morgan fingerprint density at radius 1 is 1.12 bits per heavy atom. The topological polar surface area (TPSA) is 94.1 Å². The highest BCUT2D eigenvalue weighted by molar-refractivity contribution is 6.05. The molecule has 7 heteroatoms. The van der Waals surface area contributed by atoms with Crippen molar-refractivity contribution in [2.24, 2.45) is 5.41 Å². The Kier molecular flexibility index (Phi) is 6.17. The summed E-state index contributed by atoms with van der Waals surface area (Å²) in [6.45, 7) is 2.61. The van der Waals surface area contributed by atoms with Gasteiger partial charge >= 0.3 is 5.97 Å². The maximum Gasteiger partial charge on any atom is 0.329 e. The highest BCUT2D eigenvalue weighted by Crippen LogP contribution is 2.46. The number of methoxy groups -OCH3 is 2. The lowest BCUT2D eigenvalue weighted by Crippen LogP contribution is -2.58. The second kappa shape index (κ2) is 8.90. The summed E-state index contributed by atoms with van der Waals surface area (Å²) in [5.74, 6) is 0.232. The van der Waals surface area contributed by atoms with Crippen LogP contribution in [0.25, 0.3) is 11.1 Å². The number of carboxylic acids is 1. The van der Waals surface area contributed by atoms with E-state index in [4.69, 9.17) is 14.2 Å². The summed E-state index contributed by atoms with van der Waals surface area (Å²) in [6, 6.07) is 13.4. The number of allylic oxidation sites excluding steroid dienone is 2. The van der Waals surface area contributed by atoms with Crippen LogP contribution in [-0.2, 0) is 20.7 Å². The molecule has 0 aromatic heterocycles. The van der Waals surface area contributed by atoms with Gasteiger partial charge in [0.15, 0.2) is 5.78 Å². The van der Waals surface area contributed by atoms with Crippen LogP contribution in [0.2, 0.25) is 0 Å². The van der Waals surface area contributed by atoms with E-state index in [0.29, 0.717) is 43.3 Å². The number of ketones is 1. The molecule has 1 aliphatic heterocycles. The van der Waals surface area contributed by atoms with Gasteiger partial charge in [0.25, 0.3) is 0 Å². The molecule has 4 rings (SSSR count). The molecular weight excluding hydrogens is 422 g/mol. The third-order valence-electron chi connectivity index (χ3n) is 6.68. The van der Waals surface area contributed by atoms with Gasteiger partial charge in [-0.15, -0.1) is 0 Å². The molecule has 0 bridgehead atoms. The maximum atomic E-state index is 12.4. The maximum absolute atomic E-state index is 12.4. The molecule has 1 fully saturated rings. The van der Waals surface area contributed by atoms with Crippen LogP contribution in [0.1, 0.15) is 25.3 Å². The molecule has 0 amide bonds. The Hall–Kier alpha value is -3.32. The molecular formula is C26H29NO6. The number of carbonyl (C=O) groups excluding carboxylic acids is 1. The van der Waals surface area contributed by atoms with Crippen LogP contribution < -0.4 is 14.8 Å². The van der Waals surface area contributed by atoms with Crippen molar-refractivity contribution in [1.29, 1.82) is 0 Å². The fourth-order valence-corrected chi connectivity index (χ4v) is 4.69. The van der Waals surface area contributed by atoms with Gasteiger partial charge in [0.05, 0.1) is 25.2 Å². The molecule has 2 aromatic carbocycles. The minimum atomic E-state index is -1.33. The van der Waals surface area contributed by atoms with E-state index in [1.807, 2.05) is 42.5 Å². The van der Waals surface area contributed by atoms with Crippen LogP contribution in [0.5, 0.6) is 11.5 Å². The molecule has 2 aliphatic rings. The van der Waals surface area contributed by atoms with Gasteiger partial charge in [0, 0.05) is 31.4 Å². The molecule has 2 N–H and O–H groups in total. The van der Waals surface area contributed by atoms with Gasteiger partial charge in [-0.25, -0.2) is 4.79 Å². The van der Waals surface area contributed by atoms with Crippen molar-refractivity contribution in [2.45, 2.75) is 31.7 Å². The molecule has 1 heterocycles. The smallest absolute Gasteiger partial charge is 0.329 e. The summed E-state index contributed by atoms with van der Waals surface area (Å²) < 4.78 is 16.7. The second-order valence-electron chi connectivity index (χ2n) is 8.80. The summed E-state index contributed by atoms with van der Waals surface area (Å²) in [5.41, 5.74) is 1.19. The zero-order valence-corrected chi connectivity index (χ0v) is 19.1. The first-order valence-corrected chi connectivity index (χ1v) is 11.0. The van der Waals surface area contributed by atoms with Crippen LogP contribution in [0.4, 0.5) is 0 Å². The fourth-order valence-electron chi connectivity index (χ4n) is 4.69. The average Bonchev–Trinajstić information content (AvgIpc) is 2.84. The quantitative estimate of drug-likeness (QED) is 0.633. The molecule has 1 atom stereocenters. The first kappa shape index (κ1) is 22.9. The van der Waals surface area contributed by atoms with E-state index in [-0.39, 0.29) is 12.2 Å². The Balaban J connectivity index is 1.66. The molecule has 2 aromatic rings. The normalized spacial score (nSPS) is 18.6. The van der Waals surface area contributed by atoms with Crippen molar-refractivity contribution in [3.8, 4) is 22.6 Å². The first-order chi connectivity index (χ1) is 15.8. The van der Waals surface area contributed by atoms with E-state index in [9.17, 15) is 14.7 Å². The second-order valence-corrected chi connectivity index (χ2v) is 8.80. The number of aliphatic carboxylic acids is 1. The number of nitrogens with one attached hydrogen (secondary N) is 1. The van der Waals surface area contributed by atoms with E-state index in [2.05, 4.69) is 5.32 Å². The van der Waals surface area contributed by atoms with Crippen LogP contribution in [0.15, 0.2) is 54.2 Å². The third-order valence-corrected chi connectivity index (χ3v) is 6.68. The number of ether oxygens (including phenoxy) is 3. The Morgan fingerprint density at radius 3 is 2.24 bits per heavy atom.